The summed E-state index contributed by atoms with van der Waals surface area (Å²) >= 11 is 0. The number of aryl methyl sites for hydroxylation is 1. The first-order chi connectivity index (χ1) is 12.5. The molecule has 9 nitrogen and oxygen atoms in total. The van der Waals surface area contributed by atoms with Gasteiger partial charge in [0.05, 0.1) is 14.2 Å². The Labute approximate surface area is 150 Å². The summed E-state index contributed by atoms with van der Waals surface area (Å²) in [6.45, 7) is 3.28. The van der Waals surface area contributed by atoms with E-state index in [1.165, 1.54) is 7.11 Å². The van der Waals surface area contributed by atoms with Crippen LogP contribution in [0.3, 0.4) is 0 Å². The number of ether oxygens (including phenoxy) is 2. The normalized spacial score (nSPS) is 14.3. The molecule has 1 fully saturated rings. The molecule has 1 aliphatic rings. The number of hydrogen-bond donors (Lipinski definition) is 0. The molecule has 0 saturated carbocycles. The number of amides is 2. The number of nitrogens with zero attached hydrogens (tertiary/aromatic N) is 4. The highest BCUT2D eigenvalue weighted by Gasteiger charge is 2.28. The third-order valence-electron chi connectivity index (χ3n) is 4.19. The molecule has 26 heavy (non-hydrogen) atoms. The van der Waals surface area contributed by atoms with Crippen molar-refractivity contribution < 1.29 is 23.5 Å². The molecule has 0 N–H and O–H groups in total. The average molecular weight is 360 g/mol. The lowest BCUT2D eigenvalue weighted by Crippen LogP contribution is -2.50. The van der Waals surface area contributed by atoms with Crippen molar-refractivity contribution in [3.63, 3.8) is 0 Å². The quantitative estimate of drug-likeness (QED) is 0.802. The van der Waals surface area contributed by atoms with Crippen LogP contribution in [0.5, 0.6) is 11.5 Å². The predicted molar refractivity (Wildman–Crippen MR) is 90.4 cm³/mol. The number of piperazine rings is 1. The van der Waals surface area contributed by atoms with Gasteiger partial charge in [-0.1, -0.05) is 0 Å². The Morgan fingerprint density at radius 2 is 1.58 bits per heavy atom. The lowest BCUT2D eigenvalue weighted by atomic mass is 10.1. The molecule has 138 valence electrons. The van der Waals surface area contributed by atoms with Gasteiger partial charge in [-0.05, 0) is 18.2 Å². The minimum absolute atomic E-state index is 0.0258. The van der Waals surface area contributed by atoms with Gasteiger partial charge in [0.25, 0.3) is 5.91 Å². The number of aromatic nitrogens is 2. The first-order valence-electron chi connectivity index (χ1n) is 8.14. The standard InChI is InChI=1S/C17H20N4O5/c1-11-18-19-15(26-11)17(23)21-8-6-20(7-9-21)16(22)12-4-5-13(24-2)14(10-12)25-3/h4-5,10H,6-9H2,1-3H3. The summed E-state index contributed by atoms with van der Waals surface area (Å²) in [5, 5.41) is 7.41. The van der Waals surface area contributed by atoms with Crippen LogP contribution in [0.2, 0.25) is 0 Å². The van der Waals surface area contributed by atoms with E-state index in [4.69, 9.17) is 13.9 Å². The number of hydrogen-bond acceptors (Lipinski definition) is 7. The summed E-state index contributed by atoms with van der Waals surface area (Å²) in [5.41, 5.74) is 0.509. The van der Waals surface area contributed by atoms with Crippen LogP contribution in [-0.4, -0.2) is 72.2 Å². The highest BCUT2D eigenvalue weighted by atomic mass is 16.5. The summed E-state index contributed by atoms with van der Waals surface area (Å²) in [6.07, 6.45) is 0. The molecule has 1 aliphatic heterocycles. The van der Waals surface area contributed by atoms with E-state index in [1.807, 2.05) is 0 Å². The molecular weight excluding hydrogens is 340 g/mol. The number of carbonyl (C=O) groups excluding carboxylic acids is 2. The van der Waals surface area contributed by atoms with E-state index in [2.05, 4.69) is 10.2 Å². The molecule has 0 unspecified atom stereocenters. The molecule has 2 heterocycles. The van der Waals surface area contributed by atoms with Crippen LogP contribution in [0, 0.1) is 6.92 Å². The van der Waals surface area contributed by atoms with Crippen molar-refractivity contribution in [2.45, 2.75) is 6.92 Å². The van der Waals surface area contributed by atoms with Gasteiger partial charge in [-0.15, -0.1) is 10.2 Å². The molecule has 9 heteroatoms. The van der Waals surface area contributed by atoms with Crippen molar-refractivity contribution in [3.05, 3.63) is 35.5 Å². The summed E-state index contributed by atoms with van der Waals surface area (Å²) in [4.78, 5) is 28.3. The molecule has 0 aliphatic carbocycles. The third-order valence-corrected chi connectivity index (χ3v) is 4.19. The smallest absolute Gasteiger partial charge is 0.311 e. The van der Waals surface area contributed by atoms with E-state index in [0.717, 1.165) is 0 Å². The maximum absolute atomic E-state index is 12.7. The Kier molecular flexibility index (Phi) is 5.06. The summed E-state index contributed by atoms with van der Waals surface area (Å²) in [5.74, 6) is 0.946. The van der Waals surface area contributed by atoms with Gasteiger partial charge in [0.1, 0.15) is 0 Å². The second kappa shape index (κ2) is 7.42. The van der Waals surface area contributed by atoms with Gasteiger partial charge < -0.3 is 23.7 Å². The van der Waals surface area contributed by atoms with Crippen LogP contribution in [0.25, 0.3) is 0 Å². The SMILES string of the molecule is COc1ccc(C(=O)N2CCN(C(=O)c3nnc(C)o3)CC2)cc1OC. The third kappa shape index (κ3) is 3.46. The lowest BCUT2D eigenvalue weighted by Gasteiger charge is -2.34. The fourth-order valence-electron chi connectivity index (χ4n) is 2.78. The average Bonchev–Trinajstić information content (AvgIpc) is 3.12. The van der Waals surface area contributed by atoms with Crippen molar-refractivity contribution in [1.82, 2.24) is 20.0 Å². The lowest BCUT2D eigenvalue weighted by molar-refractivity contribution is 0.0512. The van der Waals surface area contributed by atoms with Crippen LogP contribution in [-0.2, 0) is 0 Å². The van der Waals surface area contributed by atoms with E-state index in [0.29, 0.717) is 49.1 Å². The van der Waals surface area contributed by atoms with E-state index in [-0.39, 0.29) is 17.7 Å². The zero-order chi connectivity index (χ0) is 18.7. The monoisotopic (exact) mass is 360 g/mol. The fourth-order valence-corrected chi connectivity index (χ4v) is 2.78. The van der Waals surface area contributed by atoms with Gasteiger partial charge in [-0.25, -0.2) is 0 Å². The van der Waals surface area contributed by atoms with Crippen LogP contribution in [0.4, 0.5) is 0 Å². The fraction of sp³-hybridized carbons (Fsp3) is 0.412. The van der Waals surface area contributed by atoms with Crippen molar-refractivity contribution in [2.75, 3.05) is 40.4 Å². The number of methoxy groups -OCH3 is 2. The van der Waals surface area contributed by atoms with Gasteiger partial charge >= 0.3 is 11.8 Å². The molecule has 0 atom stereocenters. The van der Waals surface area contributed by atoms with Crippen LogP contribution in [0.1, 0.15) is 26.9 Å². The van der Waals surface area contributed by atoms with Crippen molar-refractivity contribution in [1.29, 1.82) is 0 Å². The molecule has 1 aromatic heterocycles. The van der Waals surface area contributed by atoms with Crippen LogP contribution < -0.4 is 9.47 Å². The molecule has 2 amide bonds. The zero-order valence-corrected chi connectivity index (χ0v) is 14.9. The molecule has 0 spiro atoms. The summed E-state index contributed by atoms with van der Waals surface area (Å²) < 4.78 is 15.6. The maximum atomic E-state index is 12.7. The van der Waals surface area contributed by atoms with E-state index < -0.39 is 0 Å². The van der Waals surface area contributed by atoms with Gasteiger partial charge in [-0.2, -0.15) is 0 Å². The molecule has 0 radical (unpaired) electrons. The molecule has 2 aromatic rings. The van der Waals surface area contributed by atoms with E-state index in [9.17, 15) is 9.59 Å². The number of carbonyl (C=O) groups is 2. The molecule has 3 rings (SSSR count). The van der Waals surface area contributed by atoms with Crippen molar-refractivity contribution in [2.24, 2.45) is 0 Å². The molecule has 1 saturated heterocycles. The second-order valence-corrected chi connectivity index (χ2v) is 5.78. The van der Waals surface area contributed by atoms with Gasteiger partial charge in [0, 0.05) is 38.7 Å². The summed E-state index contributed by atoms with van der Waals surface area (Å²) in [7, 11) is 3.07. The highest BCUT2D eigenvalue weighted by Crippen LogP contribution is 2.28. The Hall–Kier alpha value is -3.10. The van der Waals surface area contributed by atoms with Crippen LogP contribution >= 0.6 is 0 Å². The number of rotatable bonds is 4. The Bertz CT molecular complexity index is 811. The van der Waals surface area contributed by atoms with E-state index in [1.54, 1.807) is 42.0 Å². The van der Waals surface area contributed by atoms with Gasteiger partial charge in [-0.3, -0.25) is 9.59 Å². The van der Waals surface area contributed by atoms with Gasteiger partial charge in [0.2, 0.25) is 5.89 Å². The Balaban J connectivity index is 1.64. The largest absolute Gasteiger partial charge is 0.493 e. The maximum Gasteiger partial charge on any atom is 0.311 e. The topological polar surface area (TPSA) is 98.0 Å². The summed E-state index contributed by atoms with van der Waals surface area (Å²) in [6, 6.07) is 5.05. The molecule has 1 aromatic carbocycles. The second-order valence-electron chi connectivity index (χ2n) is 5.78. The van der Waals surface area contributed by atoms with E-state index >= 15 is 0 Å². The van der Waals surface area contributed by atoms with Crippen molar-refractivity contribution >= 4 is 11.8 Å². The molecular formula is C17H20N4O5. The van der Waals surface area contributed by atoms with Gasteiger partial charge in [0.15, 0.2) is 11.5 Å². The first kappa shape index (κ1) is 17.7. The minimum atomic E-state index is -0.316. The predicted octanol–water partition coefficient (Wildman–Crippen LogP) is 0.993. The first-order valence-corrected chi connectivity index (χ1v) is 8.14. The van der Waals surface area contributed by atoms with Crippen molar-refractivity contribution in [3.8, 4) is 11.5 Å². The highest BCUT2D eigenvalue weighted by molar-refractivity contribution is 5.95. The minimum Gasteiger partial charge on any atom is -0.493 e. The molecule has 0 bridgehead atoms. The Morgan fingerprint density at radius 1 is 0.962 bits per heavy atom. The zero-order valence-electron chi connectivity index (χ0n) is 14.9. The Morgan fingerprint density at radius 3 is 2.12 bits per heavy atom. The number of benzene rings is 1. The van der Waals surface area contributed by atoms with Crippen LogP contribution in [0.15, 0.2) is 22.6 Å².